The summed E-state index contributed by atoms with van der Waals surface area (Å²) in [4.78, 5) is 15.8. The molecule has 10 heteroatoms. The van der Waals surface area contributed by atoms with E-state index in [-0.39, 0.29) is 22.8 Å². The largest absolute Gasteiger partial charge is 0.597 e. The zero-order valence-electron chi connectivity index (χ0n) is 12.1. The molecule has 0 saturated carbocycles. The molecule has 1 rings (SSSR count). The summed E-state index contributed by atoms with van der Waals surface area (Å²) in [5, 5.41) is 16.4. The van der Waals surface area contributed by atoms with E-state index in [1.165, 1.54) is 19.2 Å². The Balaban J connectivity index is 2.26. The van der Waals surface area contributed by atoms with Crippen LogP contribution in [0.2, 0.25) is 0 Å². The number of nitrogens with zero attached hydrogens (tertiary/aromatic N) is 2. The smallest absolute Gasteiger partial charge is 0.289 e. The van der Waals surface area contributed by atoms with Crippen LogP contribution in [0.1, 0.15) is 6.42 Å². The van der Waals surface area contributed by atoms with E-state index < -0.39 is 22.5 Å². The average Bonchev–Trinajstić information content (AvgIpc) is 2.48. The van der Waals surface area contributed by atoms with Crippen LogP contribution in [-0.4, -0.2) is 45.9 Å². The Morgan fingerprint density at radius 3 is 2.64 bits per heavy atom. The van der Waals surface area contributed by atoms with Gasteiger partial charge in [0.1, 0.15) is 7.11 Å². The lowest BCUT2D eigenvalue weighted by Crippen LogP contribution is -2.33. The molecule has 0 atom stereocenters. The molecule has 9 nitrogen and oxygen atoms in total. The van der Waals surface area contributed by atoms with Crippen LogP contribution in [0, 0.1) is 5.21 Å². The predicted octanol–water partition coefficient (Wildman–Crippen LogP) is -0.00490. The molecule has 0 aliphatic carbocycles. The molecule has 1 aromatic carbocycles. The normalized spacial score (nSPS) is 12.0. The summed E-state index contributed by atoms with van der Waals surface area (Å²) in [5.74, 6) is -0.526. The lowest BCUT2D eigenvalue weighted by molar-refractivity contribution is -0.546. The highest BCUT2D eigenvalue weighted by atomic mass is 32.2. The molecular weight excluding hydrogens is 312 g/mol. The summed E-state index contributed by atoms with van der Waals surface area (Å²) in [7, 11) is -2.34. The van der Waals surface area contributed by atoms with E-state index >= 15 is 0 Å². The molecule has 1 aromatic rings. The van der Waals surface area contributed by atoms with Crippen LogP contribution in [-0.2, 0) is 19.7 Å². The first-order chi connectivity index (χ1) is 10.5. The highest BCUT2D eigenvalue weighted by Crippen LogP contribution is 2.06. The quantitative estimate of drug-likeness (QED) is 0.285. The number of hydroxylamine groups is 1. The Kier molecular flexibility index (Phi) is 7.26. The number of amides is 1. The summed E-state index contributed by atoms with van der Waals surface area (Å²) in [6.45, 7) is -0.0818. The summed E-state index contributed by atoms with van der Waals surface area (Å²) in [6.07, 6.45) is 0.387. The molecule has 0 heterocycles. The van der Waals surface area contributed by atoms with E-state index in [1.54, 1.807) is 18.2 Å². The molecule has 2 N–H and O–H groups in total. The van der Waals surface area contributed by atoms with Gasteiger partial charge in [-0.1, -0.05) is 18.2 Å². The number of carbonyl (C=O) groups excluding carboxylic acids is 1. The number of rotatable bonds is 9. The summed E-state index contributed by atoms with van der Waals surface area (Å²) < 4.78 is 26.2. The third kappa shape index (κ3) is 6.50. The van der Waals surface area contributed by atoms with Crippen LogP contribution in [0.15, 0.2) is 40.5 Å². The van der Waals surface area contributed by atoms with Crippen molar-refractivity contribution in [2.45, 2.75) is 11.3 Å². The maximum Gasteiger partial charge on any atom is 0.289 e. The van der Waals surface area contributed by atoms with Crippen molar-refractivity contribution in [3.05, 3.63) is 35.5 Å². The molecular formula is C12H18N4O5S. The fourth-order valence-corrected chi connectivity index (χ4v) is 2.60. The molecule has 1 amide bonds. The molecule has 22 heavy (non-hydrogen) atoms. The van der Waals surface area contributed by atoms with Crippen LogP contribution in [0.4, 0.5) is 0 Å². The maximum atomic E-state index is 11.9. The van der Waals surface area contributed by atoms with Gasteiger partial charge in [0.05, 0.1) is 4.90 Å². The third-order valence-electron chi connectivity index (χ3n) is 2.47. The van der Waals surface area contributed by atoms with Gasteiger partial charge in [-0.3, -0.25) is 4.79 Å². The van der Waals surface area contributed by atoms with Crippen LogP contribution in [0.3, 0.4) is 0 Å². The van der Waals surface area contributed by atoms with Crippen molar-refractivity contribution in [1.29, 1.82) is 0 Å². The van der Waals surface area contributed by atoms with Crippen LogP contribution in [0.25, 0.3) is 0 Å². The molecule has 0 aliphatic heterocycles. The minimum absolute atomic E-state index is 0.105. The Morgan fingerprint density at radius 1 is 1.32 bits per heavy atom. The van der Waals surface area contributed by atoms with Crippen molar-refractivity contribution in [2.24, 2.45) is 5.28 Å². The number of nitrogens with one attached hydrogen (secondary N) is 2. The van der Waals surface area contributed by atoms with E-state index in [1.807, 2.05) is 0 Å². The summed E-state index contributed by atoms with van der Waals surface area (Å²) in [6, 6.07) is 7.98. The third-order valence-corrected chi connectivity index (χ3v) is 3.95. The molecule has 0 radical (unpaired) electrons. The first-order valence-corrected chi connectivity index (χ1v) is 7.94. The highest BCUT2D eigenvalue weighted by Gasteiger charge is 2.12. The van der Waals surface area contributed by atoms with E-state index in [0.29, 0.717) is 6.42 Å². The van der Waals surface area contributed by atoms with Gasteiger partial charge in [-0.05, 0) is 23.4 Å². The number of hydrogen-bond acceptors (Lipinski definition) is 6. The van der Waals surface area contributed by atoms with Gasteiger partial charge in [0, 0.05) is 13.1 Å². The monoisotopic (exact) mass is 330 g/mol. The van der Waals surface area contributed by atoms with Crippen molar-refractivity contribution >= 4 is 15.9 Å². The Labute approximate surface area is 128 Å². The van der Waals surface area contributed by atoms with Gasteiger partial charge in [0.2, 0.25) is 10.0 Å². The molecule has 0 unspecified atom stereocenters. The van der Waals surface area contributed by atoms with E-state index in [9.17, 15) is 18.4 Å². The topological polar surface area (TPSA) is 123 Å². The molecule has 122 valence electrons. The number of hydrogen-bond donors (Lipinski definition) is 2. The SMILES string of the molecule is CO/N=[N+](\[O-])CC(=O)NCCCNS(=O)(=O)c1ccccc1. The van der Waals surface area contributed by atoms with Gasteiger partial charge in [0.15, 0.2) is 5.28 Å². The minimum atomic E-state index is -3.54. The number of sulfonamides is 1. The van der Waals surface area contributed by atoms with Crippen molar-refractivity contribution in [2.75, 3.05) is 26.7 Å². The molecule has 0 bridgehead atoms. The Hall–Kier alpha value is -2.20. The molecule has 0 spiro atoms. The molecule has 0 saturated heterocycles. The zero-order chi connectivity index (χ0) is 16.4. The first kappa shape index (κ1) is 17.9. The van der Waals surface area contributed by atoms with E-state index in [2.05, 4.69) is 20.2 Å². The highest BCUT2D eigenvalue weighted by molar-refractivity contribution is 7.89. The predicted molar refractivity (Wildman–Crippen MR) is 77.2 cm³/mol. The van der Waals surface area contributed by atoms with Crippen LogP contribution < -0.4 is 10.0 Å². The maximum absolute atomic E-state index is 11.9. The van der Waals surface area contributed by atoms with Gasteiger partial charge in [0.25, 0.3) is 12.5 Å². The lowest BCUT2D eigenvalue weighted by atomic mass is 10.4. The van der Waals surface area contributed by atoms with E-state index in [0.717, 1.165) is 0 Å². The average molecular weight is 330 g/mol. The minimum Gasteiger partial charge on any atom is -0.597 e. The van der Waals surface area contributed by atoms with Gasteiger partial charge >= 0.3 is 0 Å². The summed E-state index contributed by atoms with van der Waals surface area (Å²) in [5.41, 5.74) is 0. The van der Waals surface area contributed by atoms with E-state index in [4.69, 9.17) is 0 Å². The van der Waals surface area contributed by atoms with Crippen LogP contribution >= 0.6 is 0 Å². The second-order valence-electron chi connectivity index (χ2n) is 4.19. The molecule has 0 aromatic heterocycles. The van der Waals surface area contributed by atoms with Gasteiger partial charge in [-0.25, -0.2) is 13.1 Å². The Morgan fingerprint density at radius 2 is 2.00 bits per heavy atom. The van der Waals surface area contributed by atoms with Gasteiger partial charge in [-0.15, -0.1) is 0 Å². The fourth-order valence-electron chi connectivity index (χ4n) is 1.50. The van der Waals surface area contributed by atoms with Crippen molar-refractivity contribution in [3.8, 4) is 0 Å². The fraction of sp³-hybridized carbons (Fsp3) is 0.417. The molecule has 0 fully saturated rings. The van der Waals surface area contributed by atoms with Gasteiger partial charge in [-0.2, -0.15) is 0 Å². The first-order valence-electron chi connectivity index (χ1n) is 6.46. The standard InChI is InChI=1S/C12H18N4O5S/c1-21-15-16(18)10-12(17)13-8-5-9-14-22(19,20)11-6-3-2-4-7-11/h2-4,6-7,14H,5,8-10H2,1H3,(H,13,17)/b16-15-. The van der Waals surface area contributed by atoms with Crippen LogP contribution in [0.5, 0.6) is 0 Å². The second kappa shape index (κ2) is 8.95. The molecule has 0 aliphatic rings. The number of benzene rings is 1. The number of carbonyl (C=O) groups is 1. The Bertz CT molecular complexity index is 603. The van der Waals surface area contributed by atoms with Crippen molar-refractivity contribution in [3.63, 3.8) is 0 Å². The second-order valence-corrected chi connectivity index (χ2v) is 5.96. The zero-order valence-corrected chi connectivity index (χ0v) is 12.9. The van der Waals surface area contributed by atoms with Crippen molar-refractivity contribution in [1.82, 2.24) is 10.0 Å². The van der Waals surface area contributed by atoms with Crippen molar-refractivity contribution < 1.29 is 22.9 Å². The van der Waals surface area contributed by atoms with Gasteiger partial charge < -0.3 is 15.4 Å². The summed E-state index contributed by atoms with van der Waals surface area (Å²) >= 11 is 0. The lowest BCUT2D eigenvalue weighted by Gasteiger charge is -2.07.